The highest BCUT2D eigenvalue weighted by atomic mass is 35.5. The summed E-state index contributed by atoms with van der Waals surface area (Å²) in [6.45, 7) is 1.77. The Kier molecular flexibility index (Phi) is 5.94. The monoisotopic (exact) mass is 288 g/mol. The second-order valence-corrected chi connectivity index (χ2v) is 5.39. The summed E-state index contributed by atoms with van der Waals surface area (Å²) in [5.41, 5.74) is 0.454. The molecule has 0 radical (unpaired) electrons. The van der Waals surface area contributed by atoms with Crippen LogP contribution >= 0.6 is 23.4 Å². The van der Waals surface area contributed by atoms with Gasteiger partial charge in [0.15, 0.2) is 5.15 Å². The SMILES string of the molecule is CC(CC(=O)O)SCC(=O)Nc1cccnc1Cl. The molecule has 0 aliphatic carbocycles. The van der Waals surface area contributed by atoms with E-state index in [1.165, 1.54) is 18.0 Å². The predicted molar refractivity (Wildman–Crippen MR) is 72.0 cm³/mol. The molecule has 18 heavy (non-hydrogen) atoms. The Morgan fingerprint density at radius 2 is 2.33 bits per heavy atom. The van der Waals surface area contributed by atoms with Crippen molar-refractivity contribution in [3.8, 4) is 0 Å². The van der Waals surface area contributed by atoms with Crippen LogP contribution in [0, 0.1) is 0 Å². The van der Waals surface area contributed by atoms with Crippen LogP contribution in [0.4, 0.5) is 5.69 Å². The minimum Gasteiger partial charge on any atom is -0.481 e. The zero-order chi connectivity index (χ0) is 13.5. The van der Waals surface area contributed by atoms with Crippen LogP contribution in [0.5, 0.6) is 0 Å². The molecule has 1 aromatic rings. The maximum absolute atomic E-state index is 11.6. The number of rotatable bonds is 6. The van der Waals surface area contributed by atoms with Crippen LogP contribution in [-0.4, -0.2) is 33.0 Å². The third-order valence-electron chi connectivity index (χ3n) is 1.99. The molecule has 0 aromatic carbocycles. The van der Waals surface area contributed by atoms with Gasteiger partial charge in [0.05, 0.1) is 17.9 Å². The minimum absolute atomic E-state index is 0.0333. The van der Waals surface area contributed by atoms with Crippen LogP contribution in [0.3, 0.4) is 0 Å². The van der Waals surface area contributed by atoms with Crippen molar-refractivity contribution in [2.45, 2.75) is 18.6 Å². The van der Waals surface area contributed by atoms with Crippen molar-refractivity contribution in [3.63, 3.8) is 0 Å². The van der Waals surface area contributed by atoms with Crippen molar-refractivity contribution in [3.05, 3.63) is 23.5 Å². The molecule has 1 amide bonds. The lowest BCUT2D eigenvalue weighted by Crippen LogP contribution is -2.17. The Morgan fingerprint density at radius 1 is 1.61 bits per heavy atom. The van der Waals surface area contributed by atoms with E-state index in [4.69, 9.17) is 16.7 Å². The average molecular weight is 289 g/mol. The first-order chi connectivity index (χ1) is 8.49. The third kappa shape index (κ3) is 5.37. The highest BCUT2D eigenvalue weighted by Crippen LogP contribution is 2.19. The second kappa shape index (κ2) is 7.23. The Hall–Kier alpha value is -1.27. The first kappa shape index (κ1) is 14.8. The van der Waals surface area contributed by atoms with E-state index in [2.05, 4.69) is 10.3 Å². The number of carbonyl (C=O) groups is 2. The van der Waals surface area contributed by atoms with Gasteiger partial charge in [-0.15, -0.1) is 11.8 Å². The Balaban J connectivity index is 2.39. The number of carboxylic acids is 1. The van der Waals surface area contributed by atoms with Crippen LogP contribution in [0.2, 0.25) is 5.15 Å². The molecular weight excluding hydrogens is 276 g/mol. The number of aromatic nitrogens is 1. The van der Waals surface area contributed by atoms with Crippen molar-refractivity contribution in [1.82, 2.24) is 4.98 Å². The number of anilines is 1. The number of hydrogen-bond donors (Lipinski definition) is 2. The highest BCUT2D eigenvalue weighted by Gasteiger charge is 2.11. The van der Waals surface area contributed by atoms with Crippen LogP contribution in [-0.2, 0) is 9.59 Å². The summed E-state index contributed by atoms with van der Waals surface area (Å²) in [7, 11) is 0. The largest absolute Gasteiger partial charge is 0.481 e. The number of aliphatic carboxylic acids is 1. The molecule has 5 nitrogen and oxygen atoms in total. The Labute approximate surface area is 114 Å². The number of amides is 1. The van der Waals surface area contributed by atoms with E-state index in [9.17, 15) is 9.59 Å². The fourth-order valence-corrected chi connectivity index (χ4v) is 2.12. The molecule has 0 spiro atoms. The molecule has 0 bridgehead atoms. The van der Waals surface area contributed by atoms with Gasteiger partial charge in [0, 0.05) is 11.4 Å². The third-order valence-corrected chi connectivity index (χ3v) is 3.46. The molecule has 1 aromatic heterocycles. The number of carboxylic acid groups (broad SMARTS) is 1. The Bertz CT molecular complexity index is 442. The van der Waals surface area contributed by atoms with Crippen molar-refractivity contribution in [2.75, 3.05) is 11.1 Å². The van der Waals surface area contributed by atoms with Gasteiger partial charge < -0.3 is 10.4 Å². The van der Waals surface area contributed by atoms with Gasteiger partial charge >= 0.3 is 5.97 Å². The zero-order valence-electron chi connectivity index (χ0n) is 9.72. The van der Waals surface area contributed by atoms with E-state index in [1.54, 1.807) is 19.1 Å². The van der Waals surface area contributed by atoms with E-state index in [1.807, 2.05) is 0 Å². The van der Waals surface area contributed by atoms with Crippen LogP contribution in [0.15, 0.2) is 18.3 Å². The normalized spacial score (nSPS) is 11.9. The molecule has 1 atom stereocenters. The predicted octanol–water partition coefficient (Wildman–Crippen LogP) is 2.27. The van der Waals surface area contributed by atoms with Crippen LogP contribution in [0.1, 0.15) is 13.3 Å². The van der Waals surface area contributed by atoms with E-state index < -0.39 is 5.97 Å². The minimum atomic E-state index is -0.870. The number of nitrogens with one attached hydrogen (secondary N) is 1. The summed E-state index contributed by atoms with van der Waals surface area (Å²) in [6, 6.07) is 3.32. The fraction of sp³-hybridized carbons (Fsp3) is 0.364. The summed E-state index contributed by atoms with van der Waals surface area (Å²) in [5, 5.41) is 11.3. The van der Waals surface area contributed by atoms with Gasteiger partial charge in [0.25, 0.3) is 0 Å². The first-order valence-electron chi connectivity index (χ1n) is 5.23. The lowest BCUT2D eigenvalue weighted by atomic mass is 10.3. The molecule has 1 unspecified atom stereocenters. The van der Waals surface area contributed by atoms with Gasteiger partial charge in [-0.05, 0) is 12.1 Å². The number of halogens is 1. The summed E-state index contributed by atoms with van der Waals surface area (Å²) in [5.74, 6) is -0.919. The zero-order valence-corrected chi connectivity index (χ0v) is 11.3. The molecule has 0 saturated heterocycles. The summed E-state index contributed by atoms with van der Waals surface area (Å²) < 4.78 is 0. The summed E-state index contributed by atoms with van der Waals surface area (Å²) in [6.07, 6.45) is 1.56. The topological polar surface area (TPSA) is 79.3 Å². The van der Waals surface area contributed by atoms with Crippen molar-refractivity contribution < 1.29 is 14.7 Å². The van der Waals surface area contributed by atoms with Gasteiger partial charge in [-0.1, -0.05) is 18.5 Å². The maximum Gasteiger partial charge on any atom is 0.304 e. The van der Waals surface area contributed by atoms with Crippen molar-refractivity contribution in [2.24, 2.45) is 0 Å². The molecule has 1 heterocycles. The van der Waals surface area contributed by atoms with E-state index in [-0.39, 0.29) is 28.5 Å². The molecule has 1 rings (SSSR count). The molecule has 0 saturated carbocycles. The number of pyridine rings is 1. The number of carbonyl (C=O) groups excluding carboxylic acids is 1. The maximum atomic E-state index is 11.6. The number of nitrogens with zero attached hydrogens (tertiary/aromatic N) is 1. The van der Waals surface area contributed by atoms with Gasteiger partial charge in [-0.25, -0.2) is 4.98 Å². The fourth-order valence-electron chi connectivity index (χ4n) is 1.19. The van der Waals surface area contributed by atoms with Crippen LogP contribution in [0.25, 0.3) is 0 Å². The van der Waals surface area contributed by atoms with E-state index >= 15 is 0 Å². The first-order valence-corrected chi connectivity index (χ1v) is 6.65. The molecule has 0 aliphatic heterocycles. The number of hydrogen-bond acceptors (Lipinski definition) is 4. The molecule has 0 fully saturated rings. The van der Waals surface area contributed by atoms with E-state index in [0.29, 0.717) is 5.69 Å². The quantitative estimate of drug-likeness (QED) is 0.785. The van der Waals surface area contributed by atoms with Gasteiger partial charge in [-0.2, -0.15) is 0 Å². The molecule has 98 valence electrons. The van der Waals surface area contributed by atoms with E-state index in [0.717, 1.165) is 0 Å². The van der Waals surface area contributed by atoms with Gasteiger partial charge in [0.2, 0.25) is 5.91 Å². The molecule has 0 aliphatic rings. The lowest BCUT2D eigenvalue weighted by molar-refractivity contribution is -0.136. The standard InChI is InChI=1S/C11H13ClN2O3S/c1-7(5-10(16)17)18-6-9(15)14-8-3-2-4-13-11(8)12/h2-4,7H,5-6H2,1H3,(H,14,15)(H,16,17). The average Bonchev–Trinajstić information content (AvgIpc) is 2.29. The smallest absolute Gasteiger partial charge is 0.304 e. The summed E-state index contributed by atoms with van der Waals surface area (Å²) >= 11 is 7.07. The summed E-state index contributed by atoms with van der Waals surface area (Å²) in [4.78, 5) is 25.9. The van der Waals surface area contributed by atoms with Crippen LogP contribution < -0.4 is 5.32 Å². The molecular formula is C11H13ClN2O3S. The highest BCUT2D eigenvalue weighted by molar-refractivity contribution is 8.00. The van der Waals surface area contributed by atoms with Crippen molar-refractivity contribution in [1.29, 1.82) is 0 Å². The lowest BCUT2D eigenvalue weighted by Gasteiger charge is -2.09. The molecule has 2 N–H and O–H groups in total. The van der Waals surface area contributed by atoms with Crippen molar-refractivity contribution >= 4 is 40.9 Å². The second-order valence-electron chi connectivity index (χ2n) is 3.61. The molecule has 7 heteroatoms. The van der Waals surface area contributed by atoms with Gasteiger partial charge in [-0.3, -0.25) is 9.59 Å². The number of thioether (sulfide) groups is 1. The van der Waals surface area contributed by atoms with Gasteiger partial charge in [0.1, 0.15) is 0 Å². The Morgan fingerprint density at radius 3 is 2.94 bits per heavy atom.